The van der Waals surface area contributed by atoms with Gasteiger partial charge >= 0.3 is 0 Å². The first-order valence-electron chi connectivity index (χ1n) is 8.00. The molecule has 2 aromatic carbocycles. The quantitative estimate of drug-likeness (QED) is 0.766. The van der Waals surface area contributed by atoms with Crippen molar-refractivity contribution in [1.29, 1.82) is 0 Å². The fourth-order valence-electron chi connectivity index (χ4n) is 2.99. The second-order valence-electron chi connectivity index (χ2n) is 6.04. The Morgan fingerprint density at radius 3 is 2.32 bits per heavy atom. The lowest BCUT2D eigenvalue weighted by molar-refractivity contribution is 0.0705. The van der Waals surface area contributed by atoms with Crippen LogP contribution in [0.1, 0.15) is 39.1 Å². The smallest absolute Gasteiger partial charge is 0.254 e. The number of hydrogen-bond donors (Lipinski definition) is 1. The molecule has 3 rings (SSSR count). The predicted molar refractivity (Wildman–Crippen MR) is 104 cm³/mol. The number of carbonyl (C=O) groups is 2. The van der Waals surface area contributed by atoms with Crippen LogP contribution in [0.2, 0.25) is 0 Å². The number of rotatable bonds is 3. The molecule has 0 aliphatic carbocycles. The largest absolute Gasteiger partial charge is 0.337 e. The predicted octanol–water partition coefficient (Wildman–Crippen LogP) is 3.67. The molecule has 2 aromatic rings. The molecular weight excluding hydrogens is 404 g/mol. The van der Waals surface area contributed by atoms with E-state index in [9.17, 15) is 9.59 Å². The summed E-state index contributed by atoms with van der Waals surface area (Å²) in [5.41, 5.74) is 7.42. The van der Waals surface area contributed by atoms with E-state index in [2.05, 4.69) is 15.9 Å². The molecule has 0 bridgehead atoms. The SMILES string of the molecule is Cl.NC1CCCN(C(=O)c2ccccc2C(=O)c2ccc(Br)cc2)C1. The third kappa shape index (κ3) is 4.48. The summed E-state index contributed by atoms with van der Waals surface area (Å²) in [5.74, 6) is -0.265. The Labute approximate surface area is 161 Å². The van der Waals surface area contributed by atoms with Crippen molar-refractivity contribution >= 4 is 40.0 Å². The first kappa shape index (κ1) is 19.6. The Bertz CT molecular complexity index is 764. The Kier molecular flexibility index (Phi) is 6.76. The zero-order valence-electron chi connectivity index (χ0n) is 13.7. The van der Waals surface area contributed by atoms with Crippen LogP contribution in [-0.2, 0) is 0 Å². The van der Waals surface area contributed by atoms with Gasteiger partial charge in [0.05, 0.1) is 5.56 Å². The molecule has 0 spiro atoms. The summed E-state index contributed by atoms with van der Waals surface area (Å²) in [4.78, 5) is 27.4. The number of likely N-dealkylation sites (tertiary alicyclic amines) is 1. The summed E-state index contributed by atoms with van der Waals surface area (Å²) in [5, 5.41) is 0. The molecule has 0 saturated carbocycles. The molecule has 0 radical (unpaired) electrons. The van der Waals surface area contributed by atoms with E-state index in [1.165, 1.54) is 0 Å². The van der Waals surface area contributed by atoms with Crippen molar-refractivity contribution in [3.05, 3.63) is 69.7 Å². The van der Waals surface area contributed by atoms with E-state index in [1.54, 1.807) is 41.3 Å². The van der Waals surface area contributed by atoms with Crippen LogP contribution in [0.5, 0.6) is 0 Å². The van der Waals surface area contributed by atoms with E-state index in [0.717, 1.165) is 17.3 Å². The zero-order chi connectivity index (χ0) is 17.1. The number of carbonyl (C=O) groups excluding carboxylic acids is 2. The highest BCUT2D eigenvalue weighted by atomic mass is 79.9. The molecule has 25 heavy (non-hydrogen) atoms. The van der Waals surface area contributed by atoms with Crippen LogP contribution in [0.4, 0.5) is 0 Å². The summed E-state index contributed by atoms with van der Waals surface area (Å²) < 4.78 is 0.908. The van der Waals surface area contributed by atoms with E-state index in [-0.39, 0.29) is 30.1 Å². The first-order valence-corrected chi connectivity index (χ1v) is 8.79. The van der Waals surface area contributed by atoms with Crippen molar-refractivity contribution in [2.45, 2.75) is 18.9 Å². The molecule has 0 aromatic heterocycles. The fraction of sp³-hybridized carbons (Fsp3) is 0.263. The number of amides is 1. The third-order valence-corrected chi connectivity index (χ3v) is 4.78. The molecule has 1 heterocycles. The number of benzene rings is 2. The number of piperidine rings is 1. The molecule has 6 heteroatoms. The highest BCUT2D eigenvalue weighted by molar-refractivity contribution is 9.10. The van der Waals surface area contributed by atoms with Gasteiger partial charge in [-0.2, -0.15) is 0 Å². The maximum Gasteiger partial charge on any atom is 0.254 e. The Morgan fingerprint density at radius 1 is 1.04 bits per heavy atom. The summed E-state index contributed by atoms with van der Waals surface area (Å²) in [6.45, 7) is 1.23. The molecule has 1 fully saturated rings. The van der Waals surface area contributed by atoms with Gasteiger partial charge in [0.2, 0.25) is 0 Å². The van der Waals surface area contributed by atoms with Crippen molar-refractivity contribution in [2.24, 2.45) is 5.73 Å². The standard InChI is InChI=1S/C19H19BrN2O2.ClH/c20-14-9-7-13(8-10-14)18(23)16-5-1-2-6-17(16)19(24)22-11-3-4-15(21)12-22;/h1-2,5-10,15H,3-4,11-12,21H2;1H. The molecule has 4 nitrogen and oxygen atoms in total. The Balaban J connectivity index is 0.00000225. The maximum absolute atomic E-state index is 12.9. The van der Waals surface area contributed by atoms with Crippen LogP contribution in [-0.4, -0.2) is 35.7 Å². The van der Waals surface area contributed by atoms with Crippen LogP contribution in [0.25, 0.3) is 0 Å². The summed E-state index contributed by atoms with van der Waals surface area (Å²) in [6.07, 6.45) is 1.83. The van der Waals surface area contributed by atoms with Gasteiger partial charge in [0.15, 0.2) is 5.78 Å². The van der Waals surface area contributed by atoms with Crippen molar-refractivity contribution in [3.8, 4) is 0 Å². The second kappa shape index (κ2) is 8.61. The van der Waals surface area contributed by atoms with Gasteiger partial charge in [-0.25, -0.2) is 0 Å². The van der Waals surface area contributed by atoms with E-state index in [0.29, 0.717) is 29.8 Å². The van der Waals surface area contributed by atoms with Crippen molar-refractivity contribution < 1.29 is 9.59 Å². The average molecular weight is 424 g/mol. The zero-order valence-corrected chi connectivity index (χ0v) is 16.1. The Morgan fingerprint density at radius 2 is 1.68 bits per heavy atom. The minimum atomic E-state index is -0.146. The van der Waals surface area contributed by atoms with Gasteiger partial charge < -0.3 is 10.6 Å². The van der Waals surface area contributed by atoms with E-state index in [1.807, 2.05) is 12.1 Å². The minimum Gasteiger partial charge on any atom is -0.337 e. The average Bonchev–Trinajstić information content (AvgIpc) is 2.61. The van der Waals surface area contributed by atoms with Crippen LogP contribution in [0, 0.1) is 0 Å². The van der Waals surface area contributed by atoms with Gasteiger partial charge in [0.1, 0.15) is 0 Å². The van der Waals surface area contributed by atoms with Crippen LogP contribution < -0.4 is 5.73 Å². The summed E-state index contributed by atoms with van der Waals surface area (Å²) >= 11 is 3.36. The maximum atomic E-state index is 12.9. The molecule has 1 atom stereocenters. The second-order valence-corrected chi connectivity index (χ2v) is 6.95. The number of nitrogens with two attached hydrogens (primary N) is 1. The molecule has 2 N–H and O–H groups in total. The lowest BCUT2D eigenvalue weighted by Crippen LogP contribution is -2.46. The van der Waals surface area contributed by atoms with Gasteiger partial charge in [-0.3, -0.25) is 9.59 Å². The van der Waals surface area contributed by atoms with Crippen LogP contribution in [0.3, 0.4) is 0 Å². The van der Waals surface area contributed by atoms with Crippen molar-refractivity contribution in [1.82, 2.24) is 4.90 Å². The summed E-state index contributed by atoms with van der Waals surface area (Å²) in [6, 6.07) is 14.2. The number of hydrogen-bond acceptors (Lipinski definition) is 3. The van der Waals surface area contributed by atoms with Crippen LogP contribution >= 0.6 is 28.3 Å². The van der Waals surface area contributed by atoms with Crippen LogP contribution in [0.15, 0.2) is 53.0 Å². The number of halogens is 2. The van der Waals surface area contributed by atoms with Crippen molar-refractivity contribution in [3.63, 3.8) is 0 Å². The third-order valence-electron chi connectivity index (χ3n) is 4.25. The van der Waals surface area contributed by atoms with E-state index in [4.69, 9.17) is 5.73 Å². The molecule has 1 unspecified atom stereocenters. The molecule has 1 saturated heterocycles. The van der Waals surface area contributed by atoms with E-state index >= 15 is 0 Å². The topological polar surface area (TPSA) is 63.4 Å². The minimum absolute atomic E-state index is 0. The highest BCUT2D eigenvalue weighted by Gasteiger charge is 2.25. The molecule has 132 valence electrons. The fourth-order valence-corrected chi connectivity index (χ4v) is 3.25. The Hall–Kier alpha value is -1.69. The van der Waals surface area contributed by atoms with Gasteiger partial charge in [0.25, 0.3) is 5.91 Å². The van der Waals surface area contributed by atoms with E-state index < -0.39 is 0 Å². The molecular formula is C19H20BrClN2O2. The monoisotopic (exact) mass is 422 g/mol. The normalized spacial score (nSPS) is 16.9. The van der Waals surface area contributed by atoms with Crippen molar-refractivity contribution in [2.75, 3.05) is 13.1 Å². The van der Waals surface area contributed by atoms with Gasteiger partial charge in [-0.1, -0.05) is 34.1 Å². The molecule has 1 aliphatic rings. The number of ketones is 1. The van der Waals surface area contributed by atoms with Gasteiger partial charge in [-0.05, 0) is 43.2 Å². The molecule has 1 aliphatic heterocycles. The first-order chi connectivity index (χ1) is 11.6. The lowest BCUT2D eigenvalue weighted by Gasteiger charge is -2.31. The summed E-state index contributed by atoms with van der Waals surface area (Å²) in [7, 11) is 0. The van der Waals surface area contributed by atoms with Gasteiger partial charge in [0, 0.05) is 34.7 Å². The highest BCUT2D eigenvalue weighted by Crippen LogP contribution is 2.20. The lowest BCUT2D eigenvalue weighted by atomic mass is 9.96. The van der Waals surface area contributed by atoms with Gasteiger partial charge in [-0.15, -0.1) is 12.4 Å². The molecule has 1 amide bonds. The number of nitrogens with zero attached hydrogens (tertiary/aromatic N) is 1.